The number of aromatic nitrogens is 3. The molecule has 0 saturated heterocycles. The van der Waals surface area contributed by atoms with Gasteiger partial charge < -0.3 is 16.4 Å². The molecule has 35 heavy (non-hydrogen) atoms. The van der Waals surface area contributed by atoms with Gasteiger partial charge in [-0.05, 0) is 48.9 Å². The summed E-state index contributed by atoms with van der Waals surface area (Å²) in [5, 5.41) is 6.55. The van der Waals surface area contributed by atoms with Crippen LogP contribution in [-0.2, 0) is 6.18 Å². The summed E-state index contributed by atoms with van der Waals surface area (Å²) < 4.78 is 38.1. The second-order valence-corrected chi connectivity index (χ2v) is 7.66. The van der Waals surface area contributed by atoms with E-state index in [1.54, 1.807) is 36.4 Å². The molecule has 178 valence electrons. The first-order chi connectivity index (χ1) is 16.6. The molecule has 4 N–H and O–H groups in total. The first kappa shape index (κ1) is 23.6. The zero-order valence-corrected chi connectivity index (χ0v) is 18.3. The number of para-hydroxylation sites is 1. The van der Waals surface area contributed by atoms with Crippen molar-refractivity contribution in [2.24, 2.45) is 5.73 Å². The average Bonchev–Trinajstić information content (AvgIpc) is 2.83. The minimum atomic E-state index is -4.58. The second-order valence-electron chi connectivity index (χ2n) is 7.66. The third kappa shape index (κ3) is 5.18. The number of alkyl halides is 3. The lowest BCUT2D eigenvalue weighted by Gasteiger charge is -2.17. The number of nitrogens with two attached hydrogens (primary N) is 1. The van der Waals surface area contributed by atoms with Gasteiger partial charge >= 0.3 is 6.18 Å². The molecule has 0 aliphatic rings. The van der Waals surface area contributed by atoms with E-state index < -0.39 is 23.7 Å². The Morgan fingerprint density at radius 2 is 1.77 bits per heavy atom. The van der Waals surface area contributed by atoms with E-state index in [1.807, 2.05) is 13.0 Å². The van der Waals surface area contributed by atoms with Crippen LogP contribution in [0.4, 0.5) is 24.7 Å². The van der Waals surface area contributed by atoms with Crippen LogP contribution in [0.1, 0.15) is 44.9 Å². The van der Waals surface area contributed by atoms with Crippen LogP contribution < -0.4 is 16.4 Å². The number of amides is 2. The minimum Gasteiger partial charge on any atom is -0.366 e. The quantitative estimate of drug-likeness (QED) is 0.372. The number of hydrogen-bond donors (Lipinski definition) is 3. The standard InChI is InChI=1S/C24H19F3N6O2/c1-13(32-22-18-7-3-6-17(21(28)34)20(18)30-12-31-22)14-4-2-5-16(10-14)33-23(35)15-8-9-19(29-11-15)24(25,26)27/h2-13H,1H3,(H2,28,34)(H,33,35)(H,30,31,32). The van der Waals surface area contributed by atoms with Gasteiger partial charge in [0.2, 0.25) is 0 Å². The molecule has 0 fully saturated rings. The number of halogens is 3. The van der Waals surface area contributed by atoms with Crippen molar-refractivity contribution in [3.63, 3.8) is 0 Å². The average molecular weight is 480 g/mol. The molecule has 0 saturated carbocycles. The smallest absolute Gasteiger partial charge is 0.366 e. The number of nitrogens with one attached hydrogen (secondary N) is 2. The Kier molecular flexibility index (Phi) is 6.32. The van der Waals surface area contributed by atoms with Gasteiger partial charge in [0.05, 0.1) is 22.7 Å². The molecule has 4 rings (SSSR count). The molecular formula is C24H19F3N6O2. The van der Waals surface area contributed by atoms with E-state index in [0.29, 0.717) is 22.4 Å². The van der Waals surface area contributed by atoms with Crippen molar-refractivity contribution in [1.29, 1.82) is 0 Å². The van der Waals surface area contributed by atoms with Crippen molar-refractivity contribution in [3.05, 3.63) is 89.5 Å². The number of fused-ring (bicyclic) bond motifs is 1. The SMILES string of the molecule is CC(Nc1ncnc2c(C(N)=O)cccc12)c1cccc(NC(=O)c2ccc(C(F)(F)F)nc2)c1. The van der Waals surface area contributed by atoms with Crippen molar-refractivity contribution in [2.75, 3.05) is 10.6 Å². The first-order valence-corrected chi connectivity index (χ1v) is 10.4. The molecule has 4 aromatic rings. The highest BCUT2D eigenvalue weighted by molar-refractivity contribution is 6.07. The molecule has 11 heteroatoms. The maximum atomic E-state index is 12.7. The number of carbonyl (C=O) groups excluding carboxylic acids is 2. The van der Waals surface area contributed by atoms with E-state index in [0.717, 1.165) is 23.9 Å². The fourth-order valence-corrected chi connectivity index (χ4v) is 3.47. The summed E-state index contributed by atoms with van der Waals surface area (Å²) >= 11 is 0. The van der Waals surface area contributed by atoms with Crippen molar-refractivity contribution in [3.8, 4) is 0 Å². The predicted octanol–water partition coefficient (Wildman–Crippen LogP) is 4.57. The Balaban J connectivity index is 1.52. The zero-order chi connectivity index (χ0) is 25.2. The van der Waals surface area contributed by atoms with Gasteiger partial charge in [0, 0.05) is 17.3 Å². The summed E-state index contributed by atoms with van der Waals surface area (Å²) in [6.45, 7) is 1.88. The van der Waals surface area contributed by atoms with Gasteiger partial charge in [0.1, 0.15) is 17.8 Å². The summed E-state index contributed by atoms with van der Waals surface area (Å²) in [6.07, 6.45) is -2.37. The lowest BCUT2D eigenvalue weighted by Crippen LogP contribution is -2.15. The summed E-state index contributed by atoms with van der Waals surface area (Å²) in [4.78, 5) is 35.9. The van der Waals surface area contributed by atoms with E-state index in [9.17, 15) is 22.8 Å². The summed E-state index contributed by atoms with van der Waals surface area (Å²) in [7, 11) is 0. The molecule has 8 nitrogen and oxygen atoms in total. The zero-order valence-electron chi connectivity index (χ0n) is 18.3. The van der Waals surface area contributed by atoms with Gasteiger partial charge in [-0.2, -0.15) is 13.2 Å². The molecule has 2 amide bonds. The Bertz CT molecular complexity index is 1410. The van der Waals surface area contributed by atoms with Crippen molar-refractivity contribution >= 4 is 34.2 Å². The summed E-state index contributed by atoms with van der Waals surface area (Å²) in [5.74, 6) is -0.694. The number of carbonyl (C=O) groups is 2. The van der Waals surface area contributed by atoms with Gasteiger partial charge in [0.25, 0.3) is 11.8 Å². The molecule has 0 bridgehead atoms. The molecule has 0 aliphatic heterocycles. The number of nitrogens with zero attached hydrogens (tertiary/aromatic N) is 3. The van der Waals surface area contributed by atoms with Crippen LogP contribution in [0, 0.1) is 0 Å². The Morgan fingerprint density at radius 3 is 2.46 bits per heavy atom. The molecule has 1 atom stereocenters. The van der Waals surface area contributed by atoms with Gasteiger partial charge in [-0.15, -0.1) is 0 Å². The van der Waals surface area contributed by atoms with Crippen LogP contribution in [0.15, 0.2) is 67.1 Å². The molecule has 2 aromatic carbocycles. The maximum absolute atomic E-state index is 12.7. The molecule has 2 heterocycles. The van der Waals surface area contributed by atoms with Gasteiger partial charge in [-0.1, -0.05) is 18.2 Å². The topological polar surface area (TPSA) is 123 Å². The highest BCUT2D eigenvalue weighted by Crippen LogP contribution is 2.28. The molecule has 0 spiro atoms. The van der Waals surface area contributed by atoms with Gasteiger partial charge in [-0.25, -0.2) is 9.97 Å². The second kappa shape index (κ2) is 9.37. The molecule has 2 aromatic heterocycles. The van der Waals surface area contributed by atoms with Crippen molar-refractivity contribution < 1.29 is 22.8 Å². The predicted molar refractivity (Wildman–Crippen MR) is 124 cm³/mol. The minimum absolute atomic E-state index is 0.00714. The third-order valence-electron chi connectivity index (χ3n) is 5.24. The van der Waals surface area contributed by atoms with Crippen LogP contribution in [-0.4, -0.2) is 26.8 Å². The van der Waals surface area contributed by atoms with Crippen LogP contribution >= 0.6 is 0 Å². The van der Waals surface area contributed by atoms with E-state index >= 15 is 0 Å². The van der Waals surface area contributed by atoms with Crippen LogP contribution in [0.2, 0.25) is 0 Å². The van der Waals surface area contributed by atoms with Crippen LogP contribution in [0.3, 0.4) is 0 Å². The Morgan fingerprint density at radius 1 is 1.00 bits per heavy atom. The number of rotatable bonds is 6. The van der Waals surface area contributed by atoms with E-state index in [1.165, 1.54) is 6.33 Å². The fraction of sp³-hybridized carbons (Fsp3) is 0.125. The molecule has 0 aliphatic carbocycles. The van der Waals surface area contributed by atoms with E-state index in [-0.39, 0.29) is 17.2 Å². The highest BCUT2D eigenvalue weighted by Gasteiger charge is 2.32. The molecule has 0 radical (unpaired) electrons. The maximum Gasteiger partial charge on any atom is 0.433 e. The summed E-state index contributed by atoms with van der Waals surface area (Å²) in [5.41, 5.74) is 6.31. The van der Waals surface area contributed by atoms with Gasteiger partial charge in [-0.3, -0.25) is 14.6 Å². The molecular weight excluding hydrogens is 461 g/mol. The van der Waals surface area contributed by atoms with Crippen molar-refractivity contribution in [2.45, 2.75) is 19.1 Å². The lowest BCUT2D eigenvalue weighted by atomic mass is 10.1. The van der Waals surface area contributed by atoms with E-state index in [4.69, 9.17) is 5.73 Å². The number of primary amides is 1. The Hall–Kier alpha value is -4.54. The largest absolute Gasteiger partial charge is 0.433 e. The monoisotopic (exact) mass is 480 g/mol. The normalized spacial score (nSPS) is 12.2. The Labute approximate surface area is 197 Å². The number of benzene rings is 2. The highest BCUT2D eigenvalue weighted by atomic mass is 19.4. The molecule has 1 unspecified atom stereocenters. The van der Waals surface area contributed by atoms with Crippen LogP contribution in [0.5, 0.6) is 0 Å². The summed E-state index contributed by atoms with van der Waals surface area (Å²) in [6, 6.07) is 13.6. The first-order valence-electron chi connectivity index (χ1n) is 10.4. The third-order valence-corrected chi connectivity index (χ3v) is 5.24. The van der Waals surface area contributed by atoms with Gasteiger partial charge in [0.15, 0.2) is 0 Å². The van der Waals surface area contributed by atoms with Crippen molar-refractivity contribution in [1.82, 2.24) is 15.0 Å². The number of anilines is 2. The van der Waals surface area contributed by atoms with Crippen LogP contribution in [0.25, 0.3) is 10.9 Å². The number of hydrogen-bond acceptors (Lipinski definition) is 6. The van der Waals surface area contributed by atoms with E-state index in [2.05, 4.69) is 25.6 Å². The number of pyridine rings is 1. The lowest BCUT2D eigenvalue weighted by molar-refractivity contribution is -0.141. The fourth-order valence-electron chi connectivity index (χ4n) is 3.47.